The van der Waals surface area contributed by atoms with Crippen molar-refractivity contribution in [2.75, 3.05) is 7.11 Å². The largest absolute Gasteiger partial charge is 0.507 e. The molecule has 2 aromatic heterocycles. The van der Waals surface area contributed by atoms with E-state index in [1.54, 1.807) is 86.9 Å². The number of ether oxygens (including phenoxy) is 1. The average molecular weight is 469 g/mol. The standard InChI is InChI=1S/C28H24N2O5/c1-29-20-13-6-4-11-18(20)25(31)23(27(29)33)22(16-9-8-10-17(15-16)35-3)24-26(32)19-12-5-7-14-21(19)30(2)28(24)34/h4-15,22,31-32H,1-3H3. The Hall–Kier alpha value is -4.52. The van der Waals surface area contributed by atoms with Crippen LogP contribution in [0.2, 0.25) is 0 Å². The van der Waals surface area contributed by atoms with Crippen molar-refractivity contribution in [3.63, 3.8) is 0 Å². The molecule has 0 spiro atoms. The number of benzene rings is 3. The maximum Gasteiger partial charge on any atom is 0.258 e. The van der Waals surface area contributed by atoms with Crippen LogP contribution in [0, 0.1) is 0 Å². The van der Waals surface area contributed by atoms with Crippen LogP contribution < -0.4 is 15.9 Å². The van der Waals surface area contributed by atoms with Crippen molar-refractivity contribution in [2.45, 2.75) is 5.92 Å². The molecule has 2 N–H and O–H groups in total. The molecule has 0 amide bonds. The topological polar surface area (TPSA) is 93.7 Å². The third-order valence-corrected chi connectivity index (χ3v) is 6.63. The normalized spacial score (nSPS) is 11.4. The first-order valence-corrected chi connectivity index (χ1v) is 11.1. The average Bonchev–Trinajstić information content (AvgIpc) is 2.89. The zero-order valence-corrected chi connectivity index (χ0v) is 19.5. The number of hydrogen-bond donors (Lipinski definition) is 2. The number of hydrogen-bond acceptors (Lipinski definition) is 5. The molecule has 0 radical (unpaired) electrons. The Labute approximate surface area is 200 Å². The van der Waals surface area contributed by atoms with E-state index in [0.717, 1.165) is 0 Å². The van der Waals surface area contributed by atoms with E-state index in [2.05, 4.69) is 0 Å². The molecule has 5 aromatic rings. The van der Waals surface area contributed by atoms with Gasteiger partial charge < -0.3 is 24.1 Å². The number of fused-ring (bicyclic) bond motifs is 2. The van der Waals surface area contributed by atoms with Crippen LogP contribution in [-0.4, -0.2) is 26.5 Å². The lowest BCUT2D eigenvalue weighted by Gasteiger charge is -2.23. The van der Waals surface area contributed by atoms with Crippen molar-refractivity contribution < 1.29 is 14.9 Å². The Morgan fingerprint density at radius 1 is 0.714 bits per heavy atom. The molecule has 0 aliphatic heterocycles. The fourth-order valence-corrected chi connectivity index (χ4v) is 4.82. The second kappa shape index (κ2) is 8.36. The summed E-state index contributed by atoms with van der Waals surface area (Å²) in [4.78, 5) is 27.4. The van der Waals surface area contributed by atoms with E-state index in [-0.39, 0.29) is 22.6 Å². The Morgan fingerprint density at radius 2 is 1.20 bits per heavy atom. The van der Waals surface area contributed by atoms with Gasteiger partial charge in [0, 0.05) is 24.9 Å². The summed E-state index contributed by atoms with van der Waals surface area (Å²) in [6, 6.07) is 21.0. The molecule has 7 heteroatoms. The lowest BCUT2D eigenvalue weighted by molar-refractivity contribution is 0.414. The number of nitrogens with zero attached hydrogens (tertiary/aromatic N) is 2. The quantitative estimate of drug-likeness (QED) is 0.416. The summed E-state index contributed by atoms with van der Waals surface area (Å²) in [5.74, 6) is -1.00. The number of aromatic hydroxyl groups is 2. The van der Waals surface area contributed by atoms with Crippen molar-refractivity contribution in [3.8, 4) is 17.2 Å². The lowest BCUT2D eigenvalue weighted by atomic mass is 9.83. The smallest absolute Gasteiger partial charge is 0.258 e. The molecule has 176 valence electrons. The van der Waals surface area contributed by atoms with Crippen LogP contribution in [-0.2, 0) is 14.1 Å². The maximum absolute atomic E-state index is 13.7. The molecular weight excluding hydrogens is 444 g/mol. The van der Waals surface area contributed by atoms with E-state index in [1.807, 2.05) is 0 Å². The van der Waals surface area contributed by atoms with E-state index < -0.39 is 17.0 Å². The minimum Gasteiger partial charge on any atom is -0.507 e. The second-order valence-electron chi connectivity index (χ2n) is 8.50. The highest BCUT2D eigenvalue weighted by molar-refractivity contribution is 5.89. The van der Waals surface area contributed by atoms with Crippen molar-refractivity contribution >= 4 is 21.8 Å². The lowest BCUT2D eigenvalue weighted by Crippen LogP contribution is -2.30. The van der Waals surface area contributed by atoms with Gasteiger partial charge in [0.15, 0.2) is 0 Å². The Kier molecular flexibility index (Phi) is 5.32. The monoisotopic (exact) mass is 468 g/mol. The second-order valence-corrected chi connectivity index (χ2v) is 8.50. The highest BCUT2D eigenvalue weighted by Gasteiger charge is 2.32. The zero-order chi connectivity index (χ0) is 24.9. The summed E-state index contributed by atoms with van der Waals surface area (Å²) in [6.07, 6.45) is 0. The molecule has 0 saturated carbocycles. The predicted molar refractivity (Wildman–Crippen MR) is 136 cm³/mol. The van der Waals surface area contributed by atoms with Gasteiger partial charge in [0.2, 0.25) is 0 Å². The molecule has 7 nitrogen and oxygen atoms in total. The zero-order valence-electron chi connectivity index (χ0n) is 19.5. The molecule has 35 heavy (non-hydrogen) atoms. The van der Waals surface area contributed by atoms with Gasteiger partial charge in [-0.3, -0.25) is 9.59 Å². The summed E-state index contributed by atoms with van der Waals surface area (Å²) in [5, 5.41) is 23.7. The van der Waals surface area contributed by atoms with E-state index in [0.29, 0.717) is 33.1 Å². The molecule has 0 aliphatic carbocycles. The van der Waals surface area contributed by atoms with Crippen LogP contribution in [0.3, 0.4) is 0 Å². The van der Waals surface area contributed by atoms with Crippen molar-refractivity contribution in [1.82, 2.24) is 9.13 Å². The van der Waals surface area contributed by atoms with Crippen LogP contribution in [0.5, 0.6) is 17.2 Å². The van der Waals surface area contributed by atoms with Crippen molar-refractivity contribution in [1.29, 1.82) is 0 Å². The summed E-state index contributed by atoms with van der Waals surface area (Å²) in [7, 11) is 4.76. The molecule has 3 aromatic carbocycles. The fraction of sp³-hybridized carbons (Fsp3) is 0.143. The van der Waals surface area contributed by atoms with Crippen molar-refractivity contribution in [2.24, 2.45) is 14.1 Å². The molecule has 5 rings (SSSR count). The van der Waals surface area contributed by atoms with Gasteiger partial charge in [-0.25, -0.2) is 0 Å². The number of pyridine rings is 2. The van der Waals surface area contributed by atoms with E-state index in [1.165, 1.54) is 16.2 Å². The maximum atomic E-state index is 13.7. The Balaban J connectivity index is 1.97. The number of rotatable bonds is 4. The first-order chi connectivity index (χ1) is 16.8. The van der Waals surface area contributed by atoms with Gasteiger partial charge in [-0.1, -0.05) is 36.4 Å². The summed E-state index contributed by atoms with van der Waals surface area (Å²) in [5.41, 5.74) is 0.698. The molecule has 0 bridgehead atoms. The van der Waals surface area contributed by atoms with Gasteiger partial charge in [0.05, 0.1) is 35.2 Å². The summed E-state index contributed by atoms with van der Waals surface area (Å²) >= 11 is 0. The summed E-state index contributed by atoms with van der Waals surface area (Å²) in [6.45, 7) is 0. The number of methoxy groups -OCH3 is 1. The highest BCUT2D eigenvalue weighted by Crippen LogP contribution is 2.42. The SMILES string of the molecule is COc1cccc(C(c2c(O)c3ccccc3n(C)c2=O)c2c(O)c3ccccc3n(C)c2=O)c1. The fourth-order valence-electron chi connectivity index (χ4n) is 4.82. The number of aromatic nitrogens is 2. The minimum absolute atomic E-state index is 0.00198. The van der Waals surface area contributed by atoms with Gasteiger partial charge in [0.25, 0.3) is 11.1 Å². The minimum atomic E-state index is -1.06. The van der Waals surface area contributed by atoms with Crippen LogP contribution >= 0.6 is 0 Å². The third kappa shape index (κ3) is 3.35. The highest BCUT2D eigenvalue weighted by atomic mass is 16.5. The van der Waals surface area contributed by atoms with Gasteiger partial charge in [-0.05, 0) is 42.0 Å². The van der Waals surface area contributed by atoms with Gasteiger partial charge in [0.1, 0.15) is 17.2 Å². The third-order valence-electron chi connectivity index (χ3n) is 6.63. The molecule has 0 unspecified atom stereocenters. The van der Waals surface area contributed by atoms with Crippen LogP contribution in [0.4, 0.5) is 0 Å². The van der Waals surface area contributed by atoms with E-state index >= 15 is 0 Å². The molecule has 0 saturated heterocycles. The van der Waals surface area contributed by atoms with Gasteiger partial charge >= 0.3 is 0 Å². The Morgan fingerprint density at radius 3 is 1.69 bits per heavy atom. The molecule has 2 heterocycles. The predicted octanol–water partition coefficient (Wildman–Crippen LogP) is 3.99. The van der Waals surface area contributed by atoms with Crippen LogP contribution in [0.1, 0.15) is 22.6 Å². The summed E-state index contributed by atoms with van der Waals surface area (Å²) < 4.78 is 8.28. The first kappa shape index (κ1) is 22.3. The van der Waals surface area contributed by atoms with Crippen molar-refractivity contribution in [3.05, 3.63) is 110 Å². The van der Waals surface area contributed by atoms with Crippen LogP contribution in [0.25, 0.3) is 21.8 Å². The number of para-hydroxylation sites is 2. The number of aryl methyl sites for hydroxylation is 2. The van der Waals surface area contributed by atoms with Gasteiger partial charge in [-0.15, -0.1) is 0 Å². The van der Waals surface area contributed by atoms with E-state index in [4.69, 9.17) is 4.74 Å². The van der Waals surface area contributed by atoms with Gasteiger partial charge in [-0.2, -0.15) is 0 Å². The van der Waals surface area contributed by atoms with Crippen LogP contribution in [0.15, 0.2) is 82.4 Å². The first-order valence-electron chi connectivity index (χ1n) is 11.1. The molecule has 0 fully saturated rings. The molecule has 0 aliphatic rings. The Bertz CT molecular complexity index is 1630. The molecule has 0 atom stereocenters. The molecular formula is C28H24N2O5. The van der Waals surface area contributed by atoms with E-state index in [9.17, 15) is 19.8 Å².